The van der Waals surface area contributed by atoms with Gasteiger partial charge < -0.3 is 29.5 Å². The van der Waals surface area contributed by atoms with E-state index in [-0.39, 0.29) is 10.8 Å². The molecule has 1 aromatic carbocycles. The summed E-state index contributed by atoms with van der Waals surface area (Å²) >= 11 is 11.6. The number of amides is 1. The molecular weight excluding hydrogens is 432 g/mol. The van der Waals surface area contributed by atoms with Crippen LogP contribution >= 0.6 is 30.8 Å². The molecule has 0 spiro atoms. The van der Waals surface area contributed by atoms with Crippen LogP contribution in [0, 0.1) is 0 Å². The Kier molecular flexibility index (Phi) is 9.33. The maximum absolute atomic E-state index is 11.5. The number of hydrogen-bond acceptors (Lipinski definition) is 8. The van der Waals surface area contributed by atoms with Gasteiger partial charge in [-0.05, 0) is 18.2 Å². The molecule has 1 amide bonds. The SMILES string of the molecule is O=C(O)COP(=O)(O)CNC(=O)OCOC(=O)COc1ccc(Cl)cc1Cl. The summed E-state index contributed by atoms with van der Waals surface area (Å²) in [6.45, 7) is -2.34. The van der Waals surface area contributed by atoms with Crippen molar-refractivity contribution in [3.63, 3.8) is 0 Å². The zero-order valence-electron chi connectivity index (χ0n) is 13.4. The van der Waals surface area contributed by atoms with Crippen molar-refractivity contribution in [1.82, 2.24) is 5.32 Å². The summed E-state index contributed by atoms with van der Waals surface area (Å²) < 4.78 is 29.6. The van der Waals surface area contributed by atoms with Crippen molar-refractivity contribution < 1.29 is 47.7 Å². The number of ether oxygens (including phenoxy) is 3. The minimum absolute atomic E-state index is 0.185. The molecule has 3 N–H and O–H groups in total. The molecule has 0 saturated carbocycles. The fourth-order valence-corrected chi connectivity index (χ4v) is 2.53. The highest BCUT2D eigenvalue weighted by Gasteiger charge is 2.22. The molecule has 0 aliphatic heterocycles. The Labute approximate surface area is 162 Å². The number of hydrogen-bond donors (Lipinski definition) is 3. The fourth-order valence-electron chi connectivity index (χ4n) is 1.34. The normalized spacial score (nSPS) is 12.6. The van der Waals surface area contributed by atoms with Crippen molar-refractivity contribution in [3.05, 3.63) is 28.2 Å². The Morgan fingerprint density at radius 3 is 2.48 bits per heavy atom. The van der Waals surface area contributed by atoms with Crippen LogP contribution in [0.4, 0.5) is 4.79 Å². The van der Waals surface area contributed by atoms with Gasteiger partial charge in [0.1, 0.15) is 12.0 Å². The van der Waals surface area contributed by atoms with Crippen molar-refractivity contribution in [3.8, 4) is 5.75 Å². The van der Waals surface area contributed by atoms with E-state index < -0.39 is 51.9 Å². The first-order valence-corrected chi connectivity index (χ1v) is 9.43. The smallest absolute Gasteiger partial charge is 0.410 e. The number of alkyl carbamates (subject to hydrolysis) is 1. The van der Waals surface area contributed by atoms with Crippen molar-refractivity contribution in [2.75, 3.05) is 26.3 Å². The lowest BCUT2D eigenvalue weighted by Crippen LogP contribution is -2.28. The van der Waals surface area contributed by atoms with Gasteiger partial charge >= 0.3 is 25.6 Å². The summed E-state index contributed by atoms with van der Waals surface area (Å²) in [6, 6.07) is 4.36. The highest BCUT2D eigenvalue weighted by Crippen LogP contribution is 2.39. The molecule has 0 heterocycles. The maximum Gasteiger partial charge on any atom is 0.410 e. The Morgan fingerprint density at radius 2 is 1.85 bits per heavy atom. The number of halogens is 2. The van der Waals surface area contributed by atoms with Crippen molar-refractivity contribution >= 4 is 48.8 Å². The Balaban J connectivity index is 2.24. The number of benzene rings is 1. The molecule has 150 valence electrons. The predicted molar refractivity (Wildman–Crippen MR) is 90.8 cm³/mol. The number of carboxylic acid groups (broad SMARTS) is 1. The van der Waals surface area contributed by atoms with E-state index in [1.165, 1.54) is 18.2 Å². The van der Waals surface area contributed by atoms with Crippen LogP contribution in [-0.2, 0) is 28.2 Å². The van der Waals surface area contributed by atoms with Crippen LogP contribution in [0.15, 0.2) is 18.2 Å². The van der Waals surface area contributed by atoms with E-state index in [2.05, 4.69) is 14.0 Å². The number of rotatable bonds is 10. The lowest BCUT2D eigenvalue weighted by Gasteiger charge is -2.12. The van der Waals surface area contributed by atoms with Crippen LogP contribution in [0.3, 0.4) is 0 Å². The largest absolute Gasteiger partial charge is 0.480 e. The molecule has 0 aliphatic rings. The highest BCUT2D eigenvalue weighted by atomic mass is 35.5. The van der Waals surface area contributed by atoms with E-state index in [1.54, 1.807) is 0 Å². The highest BCUT2D eigenvalue weighted by molar-refractivity contribution is 7.52. The Hall–Kier alpha value is -2.04. The fraction of sp³-hybridized carbons (Fsp3) is 0.308. The Morgan fingerprint density at radius 1 is 1.15 bits per heavy atom. The minimum Gasteiger partial charge on any atom is -0.480 e. The molecule has 1 unspecified atom stereocenters. The molecule has 1 atom stereocenters. The van der Waals surface area contributed by atoms with Crippen molar-refractivity contribution in [1.29, 1.82) is 0 Å². The van der Waals surface area contributed by atoms with E-state index in [1.807, 2.05) is 5.32 Å². The molecule has 0 aliphatic carbocycles. The van der Waals surface area contributed by atoms with Crippen LogP contribution in [0.2, 0.25) is 10.0 Å². The second-order valence-corrected chi connectivity index (χ2v) is 7.26. The van der Waals surface area contributed by atoms with Gasteiger partial charge in [0.25, 0.3) is 0 Å². The summed E-state index contributed by atoms with van der Waals surface area (Å²) in [4.78, 5) is 42.2. The number of esters is 1. The molecule has 11 nitrogen and oxygen atoms in total. The molecule has 27 heavy (non-hydrogen) atoms. The zero-order chi connectivity index (χ0) is 20.4. The quantitative estimate of drug-likeness (QED) is 0.275. The van der Waals surface area contributed by atoms with Crippen LogP contribution in [-0.4, -0.2) is 54.3 Å². The second kappa shape index (κ2) is 11.0. The Bertz CT molecular complexity index is 744. The summed E-state index contributed by atoms with van der Waals surface area (Å²) in [6.07, 6.45) is -2.09. The summed E-state index contributed by atoms with van der Waals surface area (Å²) in [5.74, 6) is -2.15. The zero-order valence-corrected chi connectivity index (χ0v) is 15.8. The second-order valence-electron chi connectivity index (χ2n) is 4.57. The average molecular weight is 446 g/mol. The third kappa shape index (κ3) is 10.0. The molecule has 0 saturated heterocycles. The molecule has 1 rings (SSSR count). The number of carboxylic acids is 1. The van der Waals surface area contributed by atoms with Gasteiger partial charge in [-0.25, -0.2) is 14.4 Å². The van der Waals surface area contributed by atoms with Gasteiger partial charge in [-0.1, -0.05) is 23.2 Å². The lowest BCUT2D eigenvalue weighted by atomic mass is 10.3. The van der Waals surface area contributed by atoms with E-state index in [4.69, 9.17) is 33.0 Å². The van der Waals surface area contributed by atoms with Gasteiger partial charge in [0.05, 0.1) is 5.02 Å². The maximum atomic E-state index is 11.5. The number of carbonyl (C=O) groups is 3. The monoisotopic (exact) mass is 445 g/mol. The van der Waals surface area contributed by atoms with Gasteiger partial charge in [-0.3, -0.25) is 9.09 Å². The number of carbonyl (C=O) groups excluding carboxylic acids is 2. The first kappa shape index (κ1) is 23.0. The van der Waals surface area contributed by atoms with Crippen LogP contribution < -0.4 is 10.1 Å². The van der Waals surface area contributed by atoms with Gasteiger partial charge in [0.2, 0.25) is 6.79 Å². The summed E-state index contributed by atoms with van der Waals surface area (Å²) in [5.41, 5.74) is 0. The van der Waals surface area contributed by atoms with Crippen LogP contribution in [0.1, 0.15) is 0 Å². The topological polar surface area (TPSA) is 158 Å². The first-order valence-electron chi connectivity index (χ1n) is 6.91. The molecule has 0 fully saturated rings. The lowest BCUT2D eigenvalue weighted by molar-refractivity contribution is -0.154. The molecule has 14 heteroatoms. The van der Waals surface area contributed by atoms with Crippen molar-refractivity contribution in [2.45, 2.75) is 0 Å². The third-order valence-electron chi connectivity index (χ3n) is 2.46. The van der Waals surface area contributed by atoms with Gasteiger partial charge in [-0.2, -0.15) is 0 Å². The van der Waals surface area contributed by atoms with E-state index in [0.29, 0.717) is 5.02 Å². The average Bonchev–Trinajstić information content (AvgIpc) is 2.58. The molecule has 1 aromatic rings. The summed E-state index contributed by atoms with van der Waals surface area (Å²) in [7, 11) is -4.35. The van der Waals surface area contributed by atoms with E-state index in [0.717, 1.165) is 0 Å². The number of aliphatic carboxylic acids is 1. The first-order chi connectivity index (χ1) is 12.6. The van der Waals surface area contributed by atoms with Gasteiger partial charge in [0, 0.05) is 5.02 Å². The molecule has 0 aromatic heterocycles. The van der Waals surface area contributed by atoms with Crippen molar-refractivity contribution in [2.24, 2.45) is 0 Å². The van der Waals surface area contributed by atoms with Crippen LogP contribution in [0.25, 0.3) is 0 Å². The minimum atomic E-state index is -4.35. The van der Waals surface area contributed by atoms with Gasteiger partial charge in [0.15, 0.2) is 13.2 Å². The third-order valence-corrected chi connectivity index (χ3v) is 4.08. The van der Waals surface area contributed by atoms with E-state index >= 15 is 0 Å². The van der Waals surface area contributed by atoms with E-state index in [9.17, 15) is 23.8 Å². The standard InChI is InChI=1S/C13H14Cl2NO10P/c14-8-1-2-10(9(15)3-8)23-5-12(19)24-7-25-13(20)16-6-27(21,22)26-4-11(17)18/h1-3H,4-7H2,(H,16,20)(H,17,18)(H,21,22). The molecule has 0 bridgehead atoms. The molecular formula is C13H14Cl2NO10P. The molecule has 0 radical (unpaired) electrons. The van der Waals surface area contributed by atoms with Gasteiger partial charge in [-0.15, -0.1) is 0 Å². The number of nitrogens with one attached hydrogen (secondary N) is 1. The predicted octanol–water partition coefficient (Wildman–Crippen LogP) is 1.84. The summed E-state index contributed by atoms with van der Waals surface area (Å²) in [5, 5.41) is 10.7. The van der Waals surface area contributed by atoms with Crippen LogP contribution in [0.5, 0.6) is 5.75 Å².